The summed E-state index contributed by atoms with van der Waals surface area (Å²) in [5, 5.41) is 0.970. The van der Waals surface area contributed by atoms with Crippen molar-refractivity contribution in [2.45, 2.75) is 13.0 Å². The van der Waals surface area contributed by atoms with Crippen LogP contribution in [0.1, 0.15) is 17.3 Å². The molecule has 1 aromatic carbocycles. The van der Waals surface area contributed by atoms with Crippen LogP contribution < -0.4 is 5.73 Å². The molecule has 94 valence electrons. The lowest BCUT2D eigenvalue weighted by molar-refractivity contribution is 0.0790. The summed E-state index contributed by atoms with van der Waals surface area (Å²) in [6, 6.07) is 9.39. The second-order valence-electron chi connectivity index (χ2n) is 4.54. The Hall–Kier alpha value is -1.94. The lowest BCUT2D eigenvalue weighted by Crippen LogP contribution is -2.37. The lowest BCUT2D eigenvalue weighted by atomic mass is 10.1. The number of rotatable bonds is 3. The maximum atomic E-state index is 12.3. The summed E-state index contributed by atoms with van der Waals surface area (Å²) >= 11 is 0. The predicted octanol–water partition coefficient (Wildman–Crippen LogP) is 1.65. The fraction of sp³-hybridized carbons (Fsp3) is 0.286. The Kier molecular flexibility index (Phi) is 3.58. The van der Waals surface area contributed by atoms with Gasteiger partial charge in [0.15, 0.2) is 0 Å². The van der Waals surface area contributed by atoms with Crippen molar-refractivity contribution in [2.24, 2.45) is 5.73 Å². The summed E-state index contributed by atoms with van der Waals surface area (Å²) in [5.74, 6) is -0.0448. The van der Waals surface area contributed by atoms with Crippen LogP contribution in [-0.4, -0.2) is 35.4 Å². The molecule has 0 saturated carbocycles. The van der Waals surface area contributed by atoms with Gasteiger partial charge in [0.2, 0.25) is 0 Å². The van der Waals surface area contributed by atoms with Crippen LogP contribution in [0.5, 0.6) is 0 Å². The number of hydrogen-bond acceptors (Lipinski definition) is 3. The average Bonchev–Trinajstić information content (AvgIpc) is 2.36. The summed E-state index contributed by atoms with van der Waals surface area (Å²) in [6.45, 7) is 2.41. The van der Waals surface area contributed by atoms with Crippen molar-refractivity contribution in [1.82, 2.24) is 9.88 Å². The second-order valence-corrected chi connectivity index (χ2v) is 4.54. The number of hydrogen-bond donors (Lipinski definition) is 1. The summed E-state index contributed by atoms with van der Waals surface area (Å²) < 4.78 is 0. The minimum absolute atomic E-state index is 0.0399. The van der Waals surface area contributed by atoms with Crippen LogP contribution in [0.25, 0.3) is 10.9 Å². The standard InChI is InChI=1S/C14H17N3O/c1-10(15)9-17(2)14(18)12-7-3-5-11-6-4-8-16-13(11)12/h3-8,10H,9,15H2,1-2H3. The number of nitrogens with zero attached hydrogens (tertiary/aromatic N) is 2. The molecule has 1 amide bonds. The monoisotopic (exact) mass is 243 g/mol. The number of amides is 1. The largest absolute Gasteiger partial charge is 0.340 e. The van der Waals surface area contributed by atoms with Gasteiger partial charge >= 0.3 is 0 Å². The minimum Gasteiger partial charge on any atom is -0.340 e. The molecule has 2 aromatic rings. The number of fused-ring (bicyclic) bond motifs is 1. The molecule has 1 unspecified atom stereocenters. The molecule has 4 nitrogen and oxygen atoms in total. The van der Waals surface area contributed by atoms with Gasteiger partial charge in [0.25, 0.3) is 5.91 Å². The smallest absolute Gasteiger partial charge is 0.255 e. The first kappa shape index (κ1) is 12.5. The molecule has 4 heteroatoms. The first-order valence-corrected chi connectivity index (χ1v) is 5.94. The Morgan fingerprint density at radius 1 is 1.39 bits per heavy atom. The van der Waals surface area contributed by atoms with Gasteiger partial charge in [0.05, 0.1) is 11.1 Å². The topological polar surface area (TPSA) is 59.2 Å². The van der Waals surface area contributed by atoms with E-state index in [1.165, 1.54) is 0 Å². The highest BCUT2D eigenvalue weighted by Crippen LogP contribution is 2.17. The van der Waals surface area contributed by atoms with E-state index in [9.17, 15) is 4.79 Å². The third-order valence-electron chi connectivity index (χ3n) is 2.77. The molecule has 1 aromatic heterocycles. The van der Waals surface area contributed by atoms with Crippen LogP contribution in [0.4, 0.5) is 0 Å². The van der Waals surface area contributed by atoms with Crippen LogP contribution in [0.15, 0.2) is 36.5 Å². The van der Waals surface area contributed by atoms with Gasteiger partial charge in [-0.1, -0.05) is 18.2 Å². The van der Waals surface area contributed by atoms with E-state index in [0.29, 0.717) is 12.1 Å². The molecule has 1 heterocycles. The van der Waals surface area contributed by atoms with Crippen molar-refractivity contribution in [3.63, 3.8) is 0 Å². The number of aromatic nitrogens is 1. The van der Waals surface area contributed by atoms with Gasteiger partial charge in [0, 0.05) is 31.2 Å². The zero-order valence-electron chi connectivity index (χ0n) is 10.6. The van der Waals surface area contributed by atoms with E-state index in [-0.39, 0.29) is 11.9 Å². The number of pyridine rings is 1. The summed E-state index contributed by atoms with van der Waals surface area (Å²) in [7, 11) is 1.76. The van der Waals surface area contributed by atoms with Crippen molar-refractivity contribution in [2.75, 3.05) is 13.6 Å². The molecular weight excluding hydrogens is 226 g/mol. The van der Waals surface area contributed by atoms with Gasteiger partial charge in [-0.25, -0.2) is 0 Å². The Morgan fingerprint density at radius 2 is 2.11 bits per heavy atom. The number of carbonyl (C=O) groups excluding carboxylic acids is 1. The lowest BCUT2D eigenvalue weighted by Gasteiger charge is -2.19. The number of benzene rings is 1. The zero-order valence-corrected chi connectivity index (χ0v) is 10.6. The van der Waals surface area contributed by atoms with Crippen molar-refractivity contribution in [3.05, 3.63) is 42.1 Å². The third kappa shape index (κ3) is 2.49. The quantitative estimate of drug-likeness (QED) is 0.891. The Morgan fingerprint density at radius 3 is 2.83 bits per heavy atom. The molecular formula is C14H17N3O. The van der Waals surface area contributed by atoms with Crippen LogP contribution in [0, 0.1) is 0 Å². The maximum absolute atomic E-state index is 12.3. The Labute approximate surface area is 106 Å². The number of para-hydroxylation sites is 1. The van der Waals surface area contributed by atoms with E-state index < -0.39 is 0 Å². The fourth-order valence-corrected chi connectivity index (χ4v) is 2.00. The molecule has 0 bridgehead atoms. The summed E-state index contributed by atoms with van der Waals surface area (Å²) in [4.78, 5) is 18.2. The van der Waals surface area contributed by atoms with Gasteiger partial charge in [-0.2, -0.15) is 0 Å². The van der Waals surface area contributed by atoms with E-state index in [0.717, 1.165) is 10.9 Å². The number of likely N-dealkylation sites (N-methyl/N-ethyl adjacent to an activating group) is 1. The Bertz CT molecular complexity index is 560. The minimum atomic E-state index is -0.0448. The van der Waals surface area contributed by atoms with Crippen LogP contribution in [0.3, 0.4) is 0 Å². The van der Waals surface area contributed by atoms with Gasteiger partial charge in [-0.3, -0.25) is 9.78 Å². The van der Waals surface area contributed by atoms with Crippen molar-refractivity contribution in [1.29, 1.82) is 0 Å². The molecule has 18 heavy (non-hydrogen) atoms. The molecule has 0 aliphatic rings. The molecule has 1 atom stereocenters. The SMILES string of the molecule is CC(N)CN(C)C(=O)c1cccc2cccnc12. The van der Waals surface area contributed by atoms with Crippen LogP contribution in [0.2, 0.25) is 0 Å². The molecule has 0 radical (unpaired) electrons. The van der Waals surface area contributed by atoms with Gasteiger partial charge in [-0.05, 0) is 19.1 Å². The van der Waals surface area contributed by atoms with Gasteiger partial charge in [0.1, 0.15) is 0 Å². The molecule has 2 rings (SSSR count). The second kappa shape index (κ2) is 5.14. The van der Waals surface area contributed by atoms with Gasteiger partial charge < -0.3 is 10.6 Å². The van der Waals surface area contributed by atoms with E-state index in [4.69, 9.17) is 5.73 Å². The number of nitrogens with two attached hydrogens (primary N) is 1. The highest BCUT2D eigenvalue weighted by molar-refractivity contribution is 6.05. The average molecular weight is 243 g/mol. The highest BCUT2D eigenvalue weighted by atomic mass is 16.2. The first-order valence-electron chi connectivity index (χ1n) is 5.94. The molecule has 0 saturated heterocycles. The van der Waals surface area contributed by atoms with Crippen molar-refractivity contribution in [3.8, 4) is 0 Å². The number of carbonyl (C=O) groups is 1. The summed E-state index contributed by atoms with van der Waals surface area (Å²) in [6.07, 6.45) is 1.70. The highest BCUT2D eigenvalue weighted by Gasteiger charge is 2.15. The molecule has 0 fully saturated rings. The van der Waals surface area contributed by atoms with Crippen molar-refractivity contribution < 1.29 is 4.79 Å². The van der Waals surface area contributed by atoms with Crippen LogP contribution in [-0.2, 0) is 0 Å². The van der Waals surface area contributed by atoms with E-state index in [1.54, 1.807) is 24.2 Å². The maximum Gasteiger partial charge on any atom is 0.255 e. The predicted molar refractivity (Wildman–Crippen MR) is 72.4 cm³/mol. The molecule has 0 aliphatic carbocycles. The summed E-state index contributed by atoms with van der Waals surface area (Å²) in [5.41, 5.74) is 7.07. The Balaban J connectivity index is 2.39. The zero-order chi connectivity index (χ0) is 13.1. The first-order chi connectivity index (χ1) is 8.59. The third-order valence-corrected chi connectivity index (χ3v) is 2.77. The van der Waals surface area contributed by atoms with Crippen LogP contribution >= 0.6 is 0 Å². The van der Waals surface area contributed by atoms with E-state index in [2.05, 4.69) is 4.98 Å². The normalized spacial score (nSPS) is 12.4. The molecule has 0 spiro atoms. The van der Waals surface area contributed by atoms with E-state index in [1.807, 2.05) is 31.2 Å². The van der Waals surface area contributed by atoms with E-state index >= 15 is 0 Å². The molecule has 2 N–H and O–H groups in total. The van der Waals surface area contributed by atoms with Gasteiger partial charge in [-0.15, -0.1) is 0 Å². The fourth-order valence-electron chi connectivity index (χ4n) is 2.00. The van der Waals surface area contributed by atoms with Crippen molar-refractivity contribution >= 4 is 16.8 Å². The molecule has 0 aliphatic heterocycles.